The summed E-state index contributed by atoms with van der Waals surface area (Å²) < 4.78 is 0. The average molecular weight is 267 g/mol. The number of rotatable bonds is 5. The second kappa shape index (κ2) is 7.50. The van der Waals surface area contributed by atoms with E-state index in [1.54, 1.807) is 12.1 Å². The molecule has 0 radical (unpaired) electrons. The van der Waals surface area contributed by atoms with Crippen LogP contribution in [0.3, 0.4) is 0 Å². The van der Waals surface area contributed by atoms with Crippen molar-refractivity contribution in [3.63, 3.8) is 0 Å². The zero-order valence-electron chi connectivity index (χ0n) is 9.91. The molecule has 5 heteroatoms. The van der Waals surface area contributed by atoms with E-state index in [1.807, 2.05) is 12.1 Å². The molecule has 0 fully saturated rings. The van der Waals surface area contributed by atoms with Crippen LogP contribution >= 0.6 is 11.6 Å². The van der Waals surface area contributed by atoms with Gasteiger partial charge < -0.3 is 10.6 Å². The first-order valence-corrected chi connectivity index (χ1v) is 5.92. The first kappa shape index (κ1) is 14.3. The standard InChI is InChI=1S/C13H15ClN2O2/c1-2-8-15-12(17)13(18)16-9-7-10-3-5-11(14)6-4-10/h2-6H,1,7-9H2,(H,15,17)(H,16,18). The van der Waals surface area contributed by atoms with Crippen molar-refractivity contribution in [2.75, 3.05) is 13.1 Å². The van der Waals surface area contributed by atoms with Gasteiger partial charge in [0.05, 0.1) is 0 Å². The molecular formula is C13H15ClN2O2. The van der Waals surface area contributed by atoms with Gasteiger partial charge in [-0.2, -0.15) is 0 Å². The highest BCUT2D eigenvalue weighted by Crippen LogP contribution is 2.09. The molecule has 2 amide bonds. The van der Waals surface area contributed by atoms with E-state index in [0.29, 0.717) is 18.0 Å². The number of nitrogens with one attached hydrogen (secondary N) is 2. The first-order chi connectivity index (χ1) is 8.63. The highest BCUT2D eigenvalue weighted by molar-refractivity contribution is 6.35. The van der Waals surface area contributed by atoms with E-state index in [1.165, 1.54) is 6.08 Å². The van der Waals surface area contributed by atoms with Crippen LogP contribution in [0.2, 0.25) is 5.02 Å². The Kier molecular flexibility index (Phi) is 5.94. The molecule has 0 atom stereocenters. The molecule has 2 N–H and O–H groups in total. The minimum atomic E-state index is -0.647. The lowest BCUT2D eigenvalue weighted by atomic mass is 10.1. The summed E-state index contributed by atoms with van der Waals surface area (Å²) in [5, 5.41) is 5.61. The maximum absolute atomic E-state index is 11.3. The van der Waals surface area contributed by atoms with E-state index in [9.17, 15) is 9.59 Å². The summed E-state index contributed by atoms with van der Waals surface area (Å²) in [6, 6.07) is 7.34. The Morgan fingerprint density at radius 2 is 1.78 bits per heavy atom. The predicted molar refractivity (Wildman–Crippen MR) is 71.4 cm³/mol. The van der Waals surface area contributed by atoms with Gasteiger partial charge in [-0.15, -0.1) is 6.58 Å². The average Bonchev–Trinajstić information content (AvgIpc) is 2.38. The van der Waals surface area contributed by atoms with Gasteiger partial charge in [-0.05, 0) is 24.1 Å². The highest BCUT2D eigenvalue weighted by atomic mass is 35.5. The normalized spacial score (nSPS) is 9.61. The summed E-state index contributed by atoms with van der Waals surface area (Å²) in [5.41, 5.74) is 1.05. The van der Waals surface area contributed by atoms with Crippen molar-refractivity contribution < 1.29 is 9.59 Å². The van der Waals surface area contributed by atoms with Gasteiger partial charge in [0.2, 0.25) is 0 Å². The predicted octanol–water partition coefficient (Wildman–Crippen LogP) is 1.30. The third-order valence-corrected chi connectivity index (χ3v) is 2.48. The topological polar surface area (TPSA) is 58.2 Å². The third-order valence-electron chi connectivity index (χ3n) is 2.23. The number of benzene rings is 1. The van der Waals surface area contributed by atoms with Crippen LogP contribution in [0.15, 0.2) is 36.9 Å². The Morgan fingerprint density at radius 3 is 2.39 bits per heavy atom. The molecular weight excluding hydrogens is 252 g/mol. The second-order valence-corrected chi connectivity index (χ2v) is 4.07. The quantitative estimate of drug-likeness (QED) is 0.623. The van der Waals surface area contributed by atoms with Crippen LogP contribution in [0.25, 0.3) is 0 Å². The molecule has 0 spiro atoms. The summed E-state index contributed by atoms with van der Waals surface area (Å²) in [4.78, 5) is 22.5. The number of hydrogen-bond donors (Lipinski definition) is 2. The van der Waals surface area contributed by atoms with Crippen molar-refractivity contribution in [3.05, 3.63) is 47.5 Å². The zero-order chi connectivity index (χ0) is 13.4. The maximum Gasteiger partial charge on any atom is 0.309 e. The molecule has 96 valence electrons. The van der Waals surface area contributed by atoms with E-state index in [4.69, 9.17) is 11.6 Å². The van der Waals surface area contributed by atoms with Gasteiger partial charge in [0, 0.05) is 18.1 Å². The SMILES string of the molecule is C=CCNC(=O)C(=O)NCCc1ccc(Cl)cc1. The summed E-state index contributed by atoms with van der Waals surface area (Å²) in [7, 11) is 0. The molecule has 1 aromatic rings. The van der Waals surface area contributed by atoms with E-state index in [-0.39, 0.29) is 6.54 Å². The lowest BCUT2D eigenvalue weighted by Gasteiger charge is -2.05. The smallest absolute Gasteiger partial charge is 0.309 e. The number of carbonyl (C=O) groups excluding carboxylic acids is 2. The Hall–Kier alpha value is -1.81. The Labute approximate surface area is 111 Å². The van der Waals surface area contributed by atoms with Crippen molar-refractivity contribution in [3.8, 4) is 0 Å². The minimum Gasteiger partial charge on any atom is -0.348 e. The van der Waals surface area contributed by atoms with Gasteiger partial charge in [-0.1, -0.05) is 29.8 Å². The molecule has 0 saturated heterocycles. The lowest BCUT2D eigenvalue weighted by molar-refractivity contribution is -0.139. The number of halogens is 1. The Bertz CT molecular complexity index is 429. The first-order valence-electron chi connectivity index (χ1n) is 5.55. The summed E-state index contributed by atoms with van der Waals surface area (Å²) in [6.07, 6.45) is 2.16. The van der Waals surface area contributed by atoms with E-state index >= 15 is 0 Å². The van der Waals surface area contributed by atoms with Gasteiger partial charge in [-0.25, -0.2) is 0 Å². The fourth-order valence-electron chi connectivity index (χ4n) is 1.30. The molecule has 0 aromatic heterocycles. The van der Waals surface area contributed by atoms with E-state index < -0.39 is 11.8 Å². The van der Waals surface area contributed by atoms with Gasteiger partial charge in [0.15, 0.2) is 0 Å². The Morgan fingerprint density at radius 1 is 1.17 bits per heavy atom. The van der Waals surface area contributed by atoms with Crippen LogP contribution in [0.5, 0.6) is 0 Å². The van der Waals surface area contributed by atoms with E-state index in [2.05, 4.69) is 17.2 Å². The van der Waals surface area contributed by atoms with Crippen LogP contribution in [0.1, 0.15) is 5.56 Å². The summed E-state index contributed by atoms with van der Waals surface area (Å²) in [6.45, 7) is 4.13. The van der Waals surface area contributed by atoms with Gasteiger partial charge >= 0.3 is 11.8 Å². The minimum absolute atomic E-state index is 0.281. The van der Waals surface area contributed by atoms with Crippen LogP contribution < -0.4 is 10.6 Å². The van der Waals surface area contributed by atoms with E-state index in [0.717, 1.165) is 5.56 Å². The van der Waals surface area contributed by atoms with Crippen LogP contribution in [0.4, 0.5) is 0 Å². The zero-order valence-corrected chi connectivity index (χ0v) is 10.7. The summed E-state index contributed by atoms with van der Waals surface area (Å²) >= 11 is 5.76. The molecule has 4 nitrogen and oxygen atoms in total. The van der Waals surface area contributed by atoms with Gasteiger partial charge in [0.1, 0.15) is 0 Å². The second-order valence-electron chi connectivity index (χ2n) is 3.63. The molecule has 0 bridgehead atoms. The Balaban J connectivity index is 2.28. The summed E-state index contributed by atoms with van der Waals surface area (Å²) in [5.74, 6) is -1.28. The van der Waals surface area contributed by atoms with Gasteiger partial charge in [-0.3, -0.25) is 9.59 Å². The fourth-order valence-corrected chi connectivity index (χ4v) is 1.42. The largest absolute Gasteiger partial charge is 0.348 e. The molecule has 0 saturated carbocycles. The van der Waals surface area contributed by atoms with Crippen LogP contribution in [-0.4, -0.2) is 24.9 Å². The number of hydrogen-bond acceptors (Lipinski definition) is 2. The van der Waals surface area contributed by atoms with Crippen LogP contribution in [-0.2, 0) is 16.0 Å². The molecule has 0 unspecified atom stereocenters. The monoisotopic (exact) mass is 266 g/mol. The molecule has 0 aliphatic heterocycles. The maximum atomic E-state index is 11.3. The van der Waals surface area contributed by atoms with Crippen molar-refractivity contribution in [2.24, 2.45) is 0 Å². The lowest BCUT2D eigenvalue weighted by Crippen LogP contribution is -2.40. The molecule has 0 aliphatic rings. The van der Waals surface area contributed by atoms with Crippen molar-refractivity contribution in [1.29, 1.82) is 0 Å². The number of carbonyl (C=O) groups is 2. The highest BCUT2D eigenvalue weighted by Gasteiger charge is 2.10. The fraction of sp³-hybridized carbons (Fsp3) is 0.231. The molecule has 1 rings (SSSR count). The molecule has 0 heterocycles. The van der Waals surface area contributed by atoms with Crippen LogP contribution in [0, 0.1) is 0 Å². The molecule has 1 aromatic carbocycles. The van der Waals surface area contributed by atoms with Gasteiger partial charge in [0.25, 0.3) is 0 Å². The number of amides is 2. The molecule has 0 aliphatic carbocycles. The van der Waals surface area contributed by atoms with Crippen molar-refractivity contribution in [2.45, 2.75) is 6.42 Å². The third kappa shape index (κ3) is 5.01. The molecule has 18 heavy (non-hydrogen) atoms. The van der Waals surface area contributed by atoms with Crippen molar-refractivity contribution in [1.82, 2.24) is 10.6 Å². The van der Waals surface area contributed by atoms with Crippen molar-refractivity contribution >= 4 is 23.4 Å².